The maximum atomic E-state index is 6.10. The molecule has 0 aliphatic rings. The predicted molar refractivity (Wildman–Crippen MR) is 78.3 cm³/mol. The maximum Gasteiger partial charge on any atom is 0.134 e. The van der Waals surface area contributed by atoms with Crippen molar-refractivity contribution in [2.45, 2.75) is 5.38 Å². The fraction of sp³-hybridized carbons (Fsp3) is 0.357. The smallest absolute Gasteiger partial charge is 0.134 e. The fourth-order valence-corrected chi connectivity index (χ4v) is 2.15. The number of rotatable bonds is 6. The summed E-state index contributed by atoms with van der Waals surface area (Å²) in [7, 11) is 3.30. The minimum absolute atomic E-state index is 0.0901. The van der Waals surface area contributed by atoms with Gasteiger partial charge in [-0.2, -0.15) is 0 Å². The van der Waals surface area contributed by atoms with Gasteiger partial charge in [0.05, 0.1) is 19.1 Å². The first kappa shape index (κ1) is 13.9. The van der Waals surface area contributed by atoms with Gasteiger partial charge >= 0.3 is 0 Å². The number of halogens is 1. The number of hydrogen-bond donors (Lipinski definition) is 1. The Morgan fingerprint density at radius 2 is 2.11 bits per heavy atom. The maximum absolute atomic E-state index is 6.10. The third kappa shape index (κ3) is 3.28. The lowest BCUT2D eigenvalue weighted by Crippen LogP contribution is -2.19. The van der Waals surface area contributed by atoms with E-state index in [4.69, 9.17) is 21.1 Å². The summed E-state index contributed by atoms with van der Waals surface area (Å²) in [6.45, 7) is 1.10. The Morgan fingerprint density at radius 1 is 1.26 bits per heavy atom. The van der Waals surface area contributed by atoms with Gasteiger partial charge in [0.1, 0.15) is 11.6 Å². The van der Waals surface area contributed by atoms with Crippen LogP contribution in [0, 0.1) is 0 Å². The number of ether oxygens (including phenoxy) is 2. The van der Waals surface area contributed by atoms with Crippen molar-refractivity contribution >= 4 is 28.2 Å². The molecule has 2 aromatic rings. The lowest BCUT2D eigenvalue weighted by molar-refractivity contribution is 0.200. The molecular weight excluding hydrogens is 264 g/mol. The molecule has 0 bridgehead atoms. The van der Waals surface area contributed by atoms with Crippen molar-refractivity contribution in [3.63, 3.8) is 0 Å². The summed E-state index contributed by atoms with van der Waals surface area (Å²) in [5.41, 5.74) is 0. The molecule has 4 nitrogen and oxygen atoms in total. The number of methoxy groups -OCH3 is 2. The van der Waals surface area contributed by atoms with Crippen LogP contribution in [0.3, 0.4) is 0 Å². The van der Waals surface area contributed by atoms with Crippen molar-refractivity contribution < 1.29 is 9.47 Å². The standard InChI is InChI=1S/C14H17ClN2O2/c1-18-9-10(15)8-17-14-12-4-3-5-13(19-2)11(12)6-7-16-14/h3-7,10H,8-9H2,1-2H3,(H,16,17). The molecule has 0 saturated carbocycles. The second-order valence-electron chi connectivity index (χ2n) is 4.15. The van der Waals surface area contributed by atoms with E-state index in [0.29, 0.717) is 13.2 Å². The molecule has 2 rings (SSSR count). The summed E-state index contributed by atoms with van der Waals surface area (Å²) in [4.78, 5) is 4.35. The number of aromatic nitrogens is 1. The Balaban J connectivity index is 2.24. The van der Waals surface area contributed by atoms with Crippen LogP contribution in [0.25, 0.3) is 10.8 Å². The highest BCUT2D eigenvalue weighted by Gasteiger charge is 2.08. The van der Waals surface area contributed by atoms with Crippen LogP contribution >= 0.6 is 11.6 Å². The molecule has 1 heterocycles. The number of nitrogens with one attached hydrogen (secondary N) is 1. The third-order valence-corrected chi connectivity index (χ3v) is 3.10. The molecule has 0 spiro atoms. The molecular formula is C14H17ClN2O2. The van der Waals surface area contributed by atoms with Crippen LogP contribution in [0.2, 0.25) is 0 Å². The molecule has 0 aliphatic heterocycles. The Bertz CT molecular complexity index is 548. The molecule has 0 saturated heterocycles. The summed E-state index contributed by atoms with van der Waals surface area (Å²) in [6, 6.07) is 7.82. The van der Waals surface area contributed by atoms with Gasteiger partial charge in [-0.25, -0.2) is 4.98 Å². The zero-order valence-electron chi connectivity index (χ0n) is 11.0. The number of benzene rings is 1. The number of hydrogen-bond acceptors (Lipinski definition) is 4. The minimum Gasteiger partial charge on any atom is -0.496 e. The van der Waals surface area contributed by atoms with Gasteiger partial charge in [0.15, 0.2) is 0 Å². The molecule has 0 radical (unpaired) electrons. The molecule has 1 aromatic carbocycles. The lowest BCUT2D eigenvalue weighted by Gasteiger charge is -2.13. The van der Waals surface area contributed by atoms with Gasteiger partial charge in [-0.05, 0) is 12.1 Å². The van der Waals surface area contributed by atoms with Gasteiger partial charge in [0.25, 0.3) is 0 Å². The molecule has 1 unspecified atom stereocenters. The van der Waals surface area contributed by atoms with Crippen LogP contribution in [0.15, 0.2) is 30.5 Å². The molecule has 0 aliphatic carbocycles. The normalized spacial score (nSPS) is 12.4. The summed E-state index contributed by atoms with van der Waals surface area (Å²) in [5, 5.41) is 5.20. The van der Waals surface area contributed by atoms with E-state index in [9.17, 15) is 0 Å². The quantitative estimate of drug-likeness (QED) is 0.827. The SMILES string of the molecule is COCC(Cl)CNc1nccc2c(OC)cccc12. The van der Waals surface area contributed by atoms with E-state index >= 15 is 0 Å². The molecule has 0 fully saturated rings. The van der Waals surface area contributed by atoms with Gasteiger partial charge in [0, 0.05) is 30.6 Å². The summed E-state index contributed by atoms with van der Waals surface area (Å²) in [5.74, 6) is 1.64. The largest absolute Gasteiger partial charge is 0.496 e. The van der Waals surface area contributed by atoms with Crippen LogP contribution in [0.4, 0.5) is 5.82 Å². The van der Waals surface area contributed by atoms with E-state index in [2.05, 4.69) is 10.3 Å². The zero-order chi connectivity index (χ0) is 13.7. The van der Waals surface area contributed by atoms with Crippen molar-refractivity contribution in [2.75, 3.05) is 32.7 Å². The highest BCUT2D eigenvalue weighted by Crippen LogP contribution is 2.28. The van der Waals surface area contributed by atoms with E-state index in [0.717, 1.165) is 22.3 Å². The van der Waals surface area contributed by atoms with Crippen LogP contribution in [-0.2, 0) is 4.74 Å². The van der Waals surface area contributed by atoms with Gasteiger partial charge in [-0.3, -0.25) is 0 Å². The number of pyridine rings is 1. The van der Waals surface area contributed by atoms with Crippen molar-refractivity contribution in [1.82, 2.24) is 4.98 Å². The first-order valence-electron chi connectivity index (χ1n) is 6.05. The number of nitrogens with zero attached hydrogens (tertiary/aromatic N) is 1. The van der Waals surface area contributed by atoms with Crippen molar-refractivity contribution in [1.29, 1.82) is 0 Å². The average Bonchev–Trinajstić information content (AvgIpc) is 2.44. The van der Waals surface area contributed by atoms with Crippen LogP contribution in [0.5, 0.6) is 5.75 Å². The molecule has 0 amide bonds. The van der Waals surface area contributed by atoms with E-state index in [1.54, 1.807) is 20.4 Å². The molecule has 19 heavy (non-hydrogen) atoms. The summed E-state index contributed by atoms with van der Waals surface area (Å²) >= 11 is 6.10. The number of anilines is 1. The van der Waals surface area contributed by atoms with Crippen LogP contribution < -0.4 is 10.1 Å². The highest BCUT2D eigenvalue weighted by atomic mass is 35.5. The van der Waals surface area contributed by atoms with E-state index in [1.165, 1.54) is 0 Å². The topological polar surface area (TPSA) is 43.4 Å². The van der Waals surface area contributed by atoms with Gasteiger partial charge in [0.2, 0.25) is 0 Å². The van der Waals surface area contributed by atoms with E-state index < -0.39 is 0 Å². The fourth-order valence-electron chi connectivity index (χ4n) is 1.94. The second kappa shape index (κ2) is 6.59. The van der Waals surface area contributed by atoms with Gasteiger partial charge in [-0.1, -0.05) is 12.1 Å². The molecule has 5 heteroatoms. The van der Waals surface area contributed by atoms with Gasteiger partial charge < -0.3 is 14.8 Å². The summed E-state index contributed by atoms with van der Waals surface area (Å²) < 4.78 is 10.3. The third-order valence-electron chi connectivity index (χ3n) is 2.82. The van der Waals surface area contributed by atoms with Crippen LogP contribution in [-0.4, -0.2) is 37.7 Å². The Morgan fingerprint density at radius 3 is 2.84 bits per heavy atom. The monoisotopic (exact) mass is 280 g/mol. The molecule has 1 atom stereocenters. The van der Waals surface area contributed by atoms with Crippen molar-refractivity contribution in [3.8, 4) is 5.75 Å². The average molecular weight is 281 g/mol. The first-order chi connectivity index (χ1) is 9.26. The Kier molecular flexibility index (Phi) is 4.82. The van der Waals surface area contributed by atoms with E-state index in [1.807, 2.05) is 24.3 Å². The second-order valence-corrected chi connectivity index (χ2v) is 4.77. The van der Waals surface area contributed by atoms with Crippen molar-refractivity contribution in [2.24, 2.45) is 0 Å². The number of fused-ring (bicyclic) bond motifs is 1. The van der Waals surface area contributed by atoms with Gasteiger partial charge in [-0.15, -0.1) is 11.6 Å². The minimum atomic E-state index is -0.0901. The number of alkyl halides is 1. The Labute approximate surface area is 117 Å². The van der Waals surface area contributed by atoms with Crippen LogP contribution in [0.1, 0.15) is 0 Å². The van der Waals surface area contributed by atoms with E-state index in [-0.39, 0.29) is 5.38 Å². The predicted octanol–water partition coefficient (Wildman–Crippen LogP) is 2.91. The highest BCUT2D eigenvalue weighted by molar-refractivity contribution is 6.21. The molecule has 102 valence electrons. The first-order valence-corrected chi connectivity index (χ1v) is 6.48. The Hall–Kier alpha value is -1.52. The van der Waals surface area contributed by atoms with Crippen molar-refractivity contribution in [3.05, 3.63) is 30.5 Å². The molecule has 1 aromatic heterocycles. The summed E-state index contributed by atoms with van der Waals surface area (Å²) in [6.07, 6.45) is 1.76. The zero-order valence-corrected chi connectivity index (χ0v) is 11.8. The molecule has 1 N–H and O–H groups in total. The lowest BCUT2D eigenvalue weighted by atomic mass is 10.1.